The summed E-state index contributed by atoms with van der Waals surface area (Å²) in [6.07, 6.45) is 12.1. The van der Waals surface area contributed by atoms with Crippen molar-refractivity contribution in [3.63, 3.8) is 0 Å². The Kier molecular flexibility index (Phi) is 8.93. The average molecular weight is 297 g/mol. The van der Waals surface area contributed by atoms with Crippen LogP contribution in [0.15, 0.2) is 83.3 Å². The Labute approximate surface area is 137 Å². The van der Waals surface area contributed by atoms with E-state index < -0.39 is 0 Å². The molecule has 0 aliphatic rings. The van der Waals surface area contributed by atoms with Gasteiger partial charge in [-0.2, -0.15) is 0 Å². The molecular formula is C21H31N. The molecule has 0 N–H and O–H groups in total. The molecule has 1 heteroatoms. The summed E-state index contributed by atoms with van der Waals surface area (Å²) in [6, 6.07) is 0. The van der Waals surface area contributed by atoms with E-state index in [1.165, 1.54) is 22.5 Å². The van der Waals surface area contributed by atoms with Crippen molar-refractivity contribution in [2.45, 2.75) is 41.5 Å². The summed E-state index contributed by atoms with van der Waals surface area (Å²) in [5.74, 6) is 0. The standard InChI is InChI=1S/C21H31N/c1-10-11-12-17(4)18(5)13-14-20(7)22(9)21(8)15-19(6)16(2)3/h10-15H,1,4H2,2-3,5-9H3. The van der Waals surface area contributed by atoms with Gasteiger partial charge in [-0.1, -0.05) is 48.6 Å². The van der Waals surface area contributed by atoms with Gasteiger partial charge in [0.15, 0.2) is 0 Å². The van der Waals surface area contributed by atoms with E-state index >= 15 is 0 Å². The smallest absolute Gasteiger partial charge is 0.0145 e. The van der Waals surface area contributed by atoms with Crippen LogP contribution in [0.4, 0.5) is 0 Å². The van der Waals surface area contributed by atoms with Gasteiger partial charge in [0.25, 0.3) is 0 Å². The lowest BCUT2D eigenvalue weighted by molar-refractivity contribution is 0.521. The van der Waals surface area contributed by atoms with Gasteiger partial charge in [-0.25, -0.2) is 0 Å². The highest BCUT2D eigenvalue weighted by atomic mass is 15.1. The number of hydrogen-bond acceptors (Lipinski definition) is 1. The molecule has 0 spiro atoms. The maximum absolute atomic E-state index is 4.05. The van der Waals surface area contributed by atoms with Crippen molar-refractivity contribution in [3.05, 3.63) is 83.3 Å². The fourth-order valence-electron chi connectivity index (χ4n) is 1.61. The molecule has 0 saturated heterocycles. The van der Waals surface area contributed by atoms with Gasteiger partial charge >= 0.3 is 0 Å². The van der Waals surface area contributed by atoms with Crippen molar-refractivity contribution in [2.24, 2.45) is 0 Å². The number of hydrogen-bond donors (Lipinski definition) is 0. The molecule has 0 unspecified atom stereocenters. The zero-order chi connectivity index (χ0) is 17.3. The highest BCUT2D eigenvalue weighted by Crippen LogP contribution is 2.15. The fraction of sp³-hybridized carbons (Fsp3) is 0.333. The topological polar surface area (TPSA) is 3.24 Å². The van der Waals surface area contributed by atoms with Crippen molar-refractivity contribution >= 4 is 0 Å². The van der Waals surface area contributed by atoms with Crippen LogP contribution in [0.2, 0.25) is 0 Å². The second-order valence-electron chi connectivity index (χ2n) is 5.81. The molecule has 0 saturated carbocycles. The van der Waals surface area contributed by atoms with Gasteiger partial charge in [0, 0.05) is 18.4 Å². The van der Waals surface area contributed by atoms with Crippen LogP contribution >= 0.6 is 0 Å². The zero-order valence-electron chi connectivity index (χ0n) is 15.3. The molecule has 0 aromatic carbocycles. The van der Waals surface area contributed by atoms with Gasteiger partial charge in [0.1, 0.15) is 0 Å². The van der Waals surface area contributed by atoms with Gasteiger partial charge < -0.3 is 4.90 Å². The van der Waals surface area contributed by atoms with E-state index in [1.807, 2.05) is 12.2 Å². The third kappa shape index (κ3) is 7.12. The lowest BCUT2D eigenvalue weighted by atomic mass is 10.1. The van der Waals surface area contributed by atoms with Crippen LogP contribution in [0.3, 0.4) is 0 Å². The quantitative estimate of drug-likeness (QED) is 0.496. The third-order valence-corrected chi connectivity index (χ3v) is 3.79. The molecule has 0 aliphatic carbocycles. The Bertz CT molecular complexity index is 559. The van der Waals surface area contributed by atoms with E-state index in [-0.39, 0.29) is 0 Å². The molecule has 0 heterocycles. The minimum absolute atomic E-state index is 0.999. The molecule has 120 valence electrons. The lowest BCUT2D eigenvalue weighted by Gasteiger charge is -2.21. The van der Waals surface area contributed by atoms with E-state index in [4.69, 9.17) is 0 Å². The van der Waals surface area contributed by atoms with Gasteiger partial charge in [0.2, 0.25) is 0 Å². The summed E-state index contributed by atoms with van der Waals surface area (Å²) in [6.45, 7) is 20.4. The first-order valence-corrected chi connectivity index (χ1v) is 7.60. The first-order valence-electron chi connectivity index (χ1n) is 7.60. The Hall–Kier alpha value is -2.02. The Morgan fingerprint density at radius 2 is 1.50 bits per heavy atom. The molecule has 0 radical (unpaired) electrons. The minimum atomic E-state index is 0.999. The van der Waals surface area contributed by atoms with Crippen LogP contribution in [0, 0.1) is 0 Å². The van der Waals surface area contributed by atoms with Gasteiger partial charge in [-0.15, -0.1) is 0 Å². The highest BCUT2D eigenvalue weighted by Gasteiger charge is 2.01. The van der Waals surface area contributed by atoms with E-state index in [9.17, 15) is 0 Å². The van der Waals surface area contributed by atoms with E-state index in [0.717, 1.165) is 11.1 Å². The van der Waals surface area contributed by atoms with Crippen LogP contribution in [0.25, 0.3) is 0 Å². The first kappa shape index (κ1) is 20.0. The third-order valence-electron chi connectivity index (χ3n) is 3.79. The van der Waals surface area contributed by atoms with Gasteiger partial charge in [-0.3, -0.25) is 0 Å². The second kappa shape index (κ2) is 9.83. The molecule has 0 aromatic heterocycles. The van der Waals surface area contributed by atoms with Crippen LogP contribution in [0.5, 0.6) is 0 Å². The molecule has 1 nitrogen and oxygen atoms in total. The summed E-state index contributed by atoms with van der Waals surface area (Å²) in [5, 5.41) is 0. The monoisotopic (exact) mass is 297 g/mol. The SMILES string of the molecule is C=CC=CC(=C)C(C)=CC=C(C)N(C)C(C)=CC(C)=C(C)C. The molecule has 0 bridgehead atoms. The van der Waals surface area contributed by atoms with Crippen LogP contribution in [0.1, 0.15) is 41.5 Å². The first-order chi connectivity index (χ1) is 10.2. The van der Waals surface area contributed by atoms with Gasteiger partial charge in [0.05, 0.1) is 0 Å². The molecule has 0 atom stereocenters. The summed E-state index contributed by atoms with van der Waals surface area (Å²) in [7, 11) is 2.09. The molecule has 22 heavy (non-hydrogen) atoms. The minimum Gasteiger partial charge on any atom is -0.352 e. The Balaban J connectivity index is 5.14. The van der Waals surface area contributed by atoms with Crippen LogP contribution in [-0.2, 0) is 0 Å². The molecule has 0 fully saturated rings. The van der Waals surface area contributed by atoms with Crippen molar-refractivity contribution < 1.29 is 0 Å². The maximum atomic E-state index is 4.05. The predicted molar refractivity (Wildman–Crippen MR) is 102 cm³/mol. The van der Waals surface area contributed by atoms with E-state index in [2.05, 4.69) is 84.9 Å². The predicted octanol–water partition coefficient (Wildman–Crippen LogP) is 6.33. The average Bonchev–Trinajstić information content (AvgIpc) is 2.48. The number of rotatable bonds is 7. The normalized spacial score (nSPS) is 13.3. The van der Waals surface area contributed by atoms with Crippen molar-refractivity contribution in [2.75, 3.05) is 7.05 Å². The summed E-state index contributed by atoms with van der Waals surface area (Å²) < 4.78 is 0. The lowest BCUT2D eigenvalue weighted by Crippen LogP contribution is -2.13. The van der Waals surface area contributed by atoms with Crippen molar-refractivity contribution in [3.8, 4) is 0 Å². The summed E-state index contributed by atoms with van der Waals surface area (Å²) >= 11 is 0. The Morgan fingerprint density at radius 3 is 2.00 bits per heavy atom. The zero-order valence-corrected chi connectivity index (χ0v) is 15.3. The van der Waals surface area contributed by atoms with E-state index in [0.29, 0.717) is 0 Å². The highest BCUT2D eigenvalue weighted by molar-refractivity contribution is 5.39. The maximum Gasteiger partial charge on any atom is 0.0145 e. The largest absolute Gasteiger partial charge is 0.352 e. The van der Waals surface area contributed by atoms with Crippen LogP contribution < -0.4 is 0 Å². The molecule has 0 amide bonds. The second-order valence-corrected chi connectivity index (χ2v) is 5.81. The molecule has 0 aromatic rings. The summed E-state index contributed by atoms with van der Waals surface area (Å²) in [5.41, 5.74) is 7.22. The molecule has 0 aliphatic heterocycles. The Morgan fingerprint density at radius 1 is 0.909 bits per heavy atom. The number of allylic oxidation sites excluding steroid dienone is 12. The summed E-state index contributed by atoms with van der Waals surface area (Å²) in [4.78, 5) is 2.19. The van der Waals surface area contributed by atoms with Crippen molar-refractivity contribution in [1.82, 2.24) is 4.90 Å². The molecular weight excluding hydrogens is 266 g/mol. The van der Waals surface area contributed by atoms with Crippen LogP contribution in [-0.4, -0.2) is 11.9 Å². The van der Waals surface area contributed by atoms with Crippen molar-refractivity contribution in [1.29, 1.82) is 0 Å². The van der Waals surface area contributed by atoms with Gasteiger partial charge in [-0.05, 0) is 64.8 Å². The van der Waals surface area contributed by atoms with E-state index in [1.54, 1.807) is 6.08 Å². The number of nitrogens with zero attached hydrogens (tertiary/aromatic N) is 1. The molecule has 0 rings (SSSR count). The fourth-order valence-corrected chi connectivity index (χ4v) is 1.61.